The minimum atomic E-state index is 0.110. The second kappa shape index (κ2) is 8.27. The summed E-state index contributed by atoms with van der Waals surface area (Å²) in [6, 6.07) is 10.3. The molecule has 114 valence electrons. The van der Waals surface area contributed by atoms with Gasteiger partial charge in [0.25, 0.3) is 0 Å². The van der Waals surface area contributed by atoms with Crippen molar-refractivity contribution < 1.29 is 4.74 Å². The van der Waals surface area contributed by atoms with Crippen molar-refractivity contribution in [2.75, 3.05) is 13.2 Å². The predicted molar refractivity (Wildman–Crippen MR) is 89.6 cm³/mol. The van der Waals surface area contributed by atoms with Gasteiger partial charge in [0.1, 0.15) is 11.1 Å². The van der Waals surface area contributed by atoms with Crippen LogP contribution in [0, 0.1) is 0 Å². The van der Waals surface area contributed by atoms with Crippen LogP contribution in [0.5, 0.6) is 0 Å². The number of nitrogens with zero attached hydrogens (tertiary/aromatic N) is 1. The monoisotopic (exact) mass is 304 g/mol. The third-order valence-electron chi connectivity index (χ3n) is 3.33. The Kier molecular flexibility index (Phi) is 6.36. The summed E-state index contributed by atoms with van der Waals surface area (Å²) in [5.41, 5.74) is 7.99. The average molecular weight is 304 g/mol. The molecular weight excluding hydrogens is 280 g/mol. The number of thiazole rings is 1. The van der Waals surface area contributed by atoms with E-state index in [0.29, 0.717) is 6.54 Å². The first kappa shape index (κ1) is 16.1. The second-order valence-electron chi connectivity index (χ2n) is 4.96. The molecule has 2 rings (SSSR count). The standard InChI is InChI=1S/C17H24N2OS/c1-3-8-14(20-4-2)17-19-16(15(21-17)11-12-18)13-9-6-5-7-10-13/h5-7,9-10,14H,3-4,8,11-12,18H2,1-2H3. The molecule has 0 bridgehead atoms. The summed E-state index contributed by atoms with van der Waals surface area (Å²) in [5.74, 6) is 0. The lowest BCUT2D eigenvalue weighted by atomic mass is 10.1. The van der Waals surface area contributed by atoms with Crippen molar-refractivity contribution in [2.24, 2.45) is 5.73 Å². The van der Waals surface area contributed by atoms with E-state index in [1.165, 1.54) is 4.88 Å². The van der Waals surface area contributed by atoms with Gasteiger partial charge in [-0.3, -0.25) is 0 Å². The van der Waals surface area contributed by atoms with Gasteiger partial charge < -0.3 is 10.5 Å². The first-order chi connectivity index (χ1) is 10.3. The Morgan fingerprint density at radius 2 is 2.00 bits per heavy atom. The fraction of sp³-hybridized carbons (Fsp3) is 0.471. The van der Waals surface area contributed by atoms with Gasteiger partial charge in [-0.2, -0.15) is 0 Å². The van der Waals surface area contributed by atoms with Gasteiger partial charge in [-0.15, -0.1) is 11.3 Å². The van der Waals surface area contributed by atoms with E-state index in [9.17, 15) is 0 Å². The summed E-state index contributed by atoms with van der Waals surface area (Å²) in [6.45, 7) is 5.58. The fourth-order valence-electron chi connectivity index (χ4n) is 2.37. The molecule has 21 heavy (non-hydrogen) atoms. The fourth-order valence-corrected chi connectivity index (χ4v) is 3.56. The molecule has 0 aliphatic heterocycles. The van der Waals surface area contributed by atoms with E-state index in [1.807, 2.05) is 25.1 Å². The first-order valence-corrected chi connectivity index (χ1v) is 8.48. The van der Waals surface area contributed by atoms with E-state index in [-0.39, 0.29) is 6.10 Å². The number of hydrogen-bond donors (Lipinski definition) is 1. The lowest BCUT2D eigenvalue weighted by molar-refractivity contribution is 0.0555. The molecule has 0 fully saturated rings. The van der Waals surface area contributed by atoms with Crippen LogP contribution in [-0.4, -0.2) is 18.1 Å². The highest BCUT2D eigenvalue weighted by atomic mass is 32.1. The van der Waals surface area contributed by atoms with Crippen LogP contribution >= 0.6 is 11.3 Å². The van der Waals surface area contributed by atoms with Gasteiger partial charge in [-0.05, 0) is 26.3 Å². The zero-order valence-corrected chi connectivity index (χ0v) is 13.7. The van der Waals surface area contributed by atoms with Crippen molar-refractivity contribution in [1.82, 2.24) is 4.98 Å². The summed E-state index contributed by atoms with van der Waals surface area (Å²) in [6.07, 6.45) is 3.08. The van der Waals surface area contributed by atoms with Crippen LogP contribution in [0.15, 0.2) is 30.3 Å². The van der Waals surface area contributed by atoms with Crippen molar-refractivity contribution in [3.63, 3.8) is 0 Å². The Morgan fingerprint density at radius 1 is 1.24 bits per heavy atom. The van der Waals surface area contributed by atoms with Gasteiger partial charge in [0.2, 0.25) is 0 Å². The molecule has 2 aromatic rings. The molecule has 0 aliphatic carbocycles. The predicted octanol–water partition coefficient (Wildman–Crippen LogP) is 4.19. The number of nitrogens with two attached hydrogens (primary N) is 1. The highest BCUT2D eigenvalue weighted by Gasteiger charge is 2.19. The summed E-state index contributed by atoms with van der Waals surface area (Å²) in [7, 11) is 0. The normalized spacial score (nSPS) is 12.5. The largest absolute Gasteiger partial charge is 0.371 e. The molecule has 1 unspecified atom stereocenters. The Labute approximate surface area is 131 Å². The van der Waals surface area contributed by atoms with Gasteiger partial charge in [-0.25, -0.2) is 4.98 Å². The number of aromatic nitrogens is 1. The topological polar surface area (TPSA) is 48.1 Å². The van der Waals surface area contributed by atoms with Gasteiger partial charge in [0.05, 0.1) is 5.69 Å². The number of hydrogen-bond acceptors (Lipinski definition) is 4. The maximum absolute atomic E-state index is 5.87. The maximum Gasteiger partial charge on any atom is 0.122 e. The molecule has 0 aliphatic rings. The van der Waals surface area contributed by atoms with E-state index in [4.69, 9.17) is 15.5 Å². The van der Waals surface area contributed by atoms with Crippen LogP contribution in [0.4, 0.5) is 0 Å². The third-order valence-corrected chi connectivity index (χ3v) is 4.53. The lowest BCUT2D eigenvalue weighted by Gasteiger charge is -2.12. The van der Waals surface area contributed by atoms with Gasteiger partial charge in [0, 0.05) is 17.0 Å². The Hall–Kier alpha value is -1.23. The highest BCUT2D eigenvalue weighted by molar-refractivity contribution is 7.12. The van der Waals surface area contributed by atoms with E-state index >= 15 is 0 Å². The van der Waals surface area contributed by atoms with E-state index in [1.54, 1.807) is 11.3 Å². The van der Waals surface area contributed by atoms with E-state index in [2.05, 4.69) is 19.1 Å². The smallest absolute Gasteiger partial charge is 0.122 e. The van der Waals surface area contributed by atoms with Crippen molar-refractivity contribution in [2.45, 2.75) is 39.2 Å². The number of rotatable bonds is 8. The van der Waals surface area contributed by atoms with Crippen LogP contribution in [0.2, 0.25) is 0 Å². The minimum Gasteiger partial charge on any atom is -0.371 e. The summed E-state index contributed by atoms with van der Waals surface area (Å²) < 4.78 is 5.87. The molecule has 1 aromatic carbocycles. The van der Waals surface area contributed by atoms with Crippen LogP contribution in [0.3, 0.4) is 0 Å². The SMILES string of the molecule is CCCC(OCC)c1nc(-c2ccccc2)c(CCN)s1. The molecule has 1 atom stereocenters. The first-order valence-electron chi connectivity index (χ1n) is 7.66. The Morgan fingerprint density at radius 3 is 2.62 bits per heavy atom. The molecule has 4 heteroatoms. The third kappa shape index (κ3) is 4.13. The van der Waals surface area contributed by atoms with Crippen LogP contribution in [0.1, 0.15) is 42.7 Å². The molecular formula is C17H24N2OS. The van der Waals surface area contributed by atoms with Crippen molar-refractivity contribution in [3.05, 3.63) is 40.2 Å². The highest BCUT2D eigenvalue weighted by Crippen LogP contribution is 2.34. The summed E-state index contributed by atoms with van der Waals surface area (Å²) >= 11 is 1.75. The maximum atomic E-state index is 5.87. The van der Waals surface area contributed by atoms with Crippen molar-refractivity contribution >= 4 is 11.3 Å². The van der Waals surface area contributed by atoms with Crippen LogP contribution in [0.25, 0.3) is 11.3 Å². The average Bonchev–Trinajstić information content (AvgIpc) is 2.92. The van der Waals surface area contributed by atoms with E-state index in [0.717, 1.165) is 42.1 Å². The zero-order chi connectivity index (χ0) is 15.1. The Bertz CT molecular complexity index is 533. The van der Waals surface area contributed by atoms with Crippen LogP contribution < -0.4 is 5.73 Å². The molecule has 3 nitrogen and oxygen atoms in total. The second-order valence-corrected chi connectivity index (χ2v) is 6.08. The number of ether oxygens (including phenoxy) is 1. The number of benzene rings is 1. The molecule has 0 radical (unpaired) electrons. The van der Waals surface area contributed by atoms with Gasteiger partial charge in [-0.1, -0.05) is 43.7 Å². The minimum absolute atomic E-state index is 0.110. The van der Waals surface area contributed by atoms with Crippen molar-refractivity contribution in [1.29, 1.82) is 0 Å². The summed E-state index contributed by atoms with van der Waals surface area (Å²) in [4.78, 5) is 6.14. The van der Waals surface area contributed by atoms with Crippen molar-refractivity contribution in [3.8, 4) is 11.3 Å². The molecule has 0 saturated heterocycles. The zero-order valence-electron chi connectivity index (χ0n) is 12.8. The van der Waals surface area contributed by atoms with Gasteiger partial charge in [0.15, 0.2) is 0 Å². The molecule has 2 N–H and O–H groups in total. The van der Waals surface area contributed by atoms with E-state index < -0.39 is 0 Å². The van der Waals surface area contributed by atoms with Gasteiger partial charge >= 0.3 is 0 Å². The summed E-state index contributed by atoms with van der Waals surface area (Å²) in [5, 5.41) is 1.08. The molecule has 0 amide bonds. The molecule has 0 spiro atoms. The van der Waals surface area contributed by atoms with Crippen LogP contribution in [-0.2, 0) is 11.2 Å². The molecule has 1 aromatic heterocycles. The quantitative estimate of drug-likeness (QED) is 0.795. The lowest BCUT2D eigenvalue weighted by Crippen LogP contribution is -2.03. The Balaban J connectivity index is 2.36. The molecule has 0 saturated carbocycles. The molecule has 1 heterocycles.